The van der Waals surface area contributed by atoms with Crippen LogP contribution in [0.1, 0.15) is 18.4 Å². The molecule has 0 aromatic carbocycles. The zero-order valence-electron chi connectivity index (χ0n) is 7.90. The van der Waals surface area contributed by atoms with E-state index in [-0.39, 0.29) is 10.6 Å². The zero-order chi connectivity index (χ0) is 10.4. The molecule has 1 aliphatic carbocycles. The van der Waals surface area contributed by atoms with Gasteiger partial charge in [0, 0.05) is 18.0 Å². The molecule has 0 unspecified atom stereocenters. The molecule has 0 bridgehead atoms. The summed E-state index contributed by atoms with van der Waals surface area (Å²) in [6, 6.07) is 3.35. The Morgan fingerprint density at radius 1 is 1.50 bits per heavy atom. The van der Waals surface area contributed by atoms with Crippen LogP contribution in [-0.2, 0) is 15.4 Å². The van der Waals surface area contributed by atoms with Crippen molar-refractivity contribution in [2.24, 2.45) is 5.73 Å². The molecule has 2 N–H and O–H groups in total. The molecule has 1 heterocycles. The summed E-state index contributed by atoms with van der Waals surface area (Å²) in [5, 5.41) is 0.103. The van der Waals surface area contributed by atoms with E-state index in [1.165, 1.54) is 6.20 Å². The molecule has 1 aliphatic rings. The van der Waals surface area contributed by atoms with Gasteiger partial charge in [0.1, 0.15) is 0 Å². The third kappa shape index (κ3) is 1.65. The fourth-order valence-corrected chi connectivity index (χ4v) is 1.94. The lowest BCUT2D eigenvalue weighted by Gasteiger charge is -2.09. The van der Waals surface area contributed by atoms with Gasteiger partial charge in [-0.3, -0.25) is 0 Å². The third-order valence-corrected chi connectivity index (χ3v) is 3.46. The molecule has 0 spiro atoms. The molecule has 0 saturated heterocycles. The molecule has 1 fully saturated rings. The van der Waals surface area contributed by atoms with Gasteiger partial charge in [-0.1, -0.05) is 0 Å². The fraction of sp³-hybridized carbons (Fsp3) is 0.444. The first-order valence-electron chi connectivity index (χ1n) is 4.37. The smallest absolute Gasteiger partial charge is 0.192 e. The molecule has 1 aromatic heterocycles. The number of nitrogens with zero attached hydrogens (tertiary/aromatic N) is 1. The average Bonchev–Trinajstić information content (AvgIpc) is 2.84. The van der Waals surface area contributed by atoms with Crippen LogP contribution in [0, 0.1) is 0 Å². The largest absolute Gasteiger partial charge is 0.321 e. The van der Waals surface area contributed by atoms with Gasteiger partial charge in [-0.25, -0.2) is 13.4 Å². The molecule has 0 aliphatic heterocycles. The number of pyridine rings is 1. The van der Waals surface area contributed by atoms with Crippen molar-refractivity contribution in [3.05, 3.63) is 23.9 Å². The van der Waals surface area contributed by atoms with Gasteiger partial charge in [0.2, 0.25) is 0 Å². The number of hydrogen-bond donors (Lipinski definition) is 1. The minimum atomic E-state index is -3.22. The van der Waals surface area contributed by atoms with Gasteiger partial charge in [-0.15, -0.1) is 0 Å². The maximum atomic E-state index is 11.2. The summed E-state index contributed by atoms with van der Waals surface area (Å²) in [6.45, 7) is 0. The van der Waals surface area contributed by atoms with Crippen molar-refractivity contribution in [2.75, 3.05) is 6.26 Å². The van der Waals surface area contributed by atoms with E-state index < -0.39 is 9.84 Å². The second-order valence-corrected chi connectivity index (χ2v) is 5.77. The molecule has 76 valence electrons. The molecule has 4 nitrogen and oxygen atoms in total. The summed E-state index contributed by atoms with van der Waals surface area (Å²) in [7, 11) is -3.22. The maximum Gasteiger partial charge on any atom is 0.192 e. The predicted octanol–water partition coefficient (Wildman–Crippen LogP) is 0.433. The topological polar surface area (TPSA) is 73.0 Å². The highest BCUT2D eigenvalue weighted by molar-refractivity contribution is 7.90. The summed E-state index contributed by atoms with van der Waals surface area (Å²) >= 11 is 0. The summed E-state index contributed by atoms with van der Waals surface area (Å²) < 4.78 is 22.5. The number of nitrogens with two attached hydrogens (primary N) is 1. The maximum absolute atomic E-state index is 11.2. The predicted molar refractivity (Wildman–Crippen MR) is 52.4 cm³/mol. The van der Waals surface area contributed by atoms with Crippen molar-refractivity contribution < 1.29 is 8.42 Å². The van der Waals surface area contributed by atoms with Crippen LogP contribution < -0.4 is 5.73 Å². The van der Waals surface area contributed by atoms with Crippen LogP contribution in [0.4, 0.5) is 0 Å². The summed E-state index contributed by atoms with van der Waals surface area (Å²) in [5.41, 5.74) is 6.52. The van der Waals surface area contributed by atoms with Crippen LogP contribution in [0.2, 0.25) is 0 Å². The third-order valence-electron chi connectivity index (χ3n) is 2.48. The van der Waals surface area contributed by atoms with Crippen molar-refractivity contribution >= 4 is 9.84 Å². The number of rotatable bonds is 2. The van der Waals surface area contributed by atoms with Crippen LogP contribution in [0.15, 0.2) is 23.4 Å². The average molecular weight is 212 g/mol. The normalized spacial score (nSPS) is 19.3. The fourth-order valence-electron chi connectivity index (χ4n) is 1.35. The van der Waals surface area contributed by atoms with Gasteiger partial charge in [0.15, 0.2) is 14.9 Å². The molecule has 2 rings (SSSR count). The van der Waals surface area contributed by atoms with E-state index in [0.717, 1.165) is 24.7 Å². The first-order valence-corrected chi connectivity index (χ1v) is 6.26. The van der Waals surface area contributed by atoms with Crippen LogP contribution in [0.3, 0.4) is 0 Å². The second kappa shape index (κ2) is 2.77. The van der Waals surface area contributed by atoms with E-state index >= 15 is 0 Å². The Morgan fingerprint density at radius 2 is 2.14 bits per heavy atom. The van der Waals surface area contributed by atoms with Crippen molar-refractivity contribution in [1.29, 1.82) is 0 Å². The van der Waals surface area contributed by atoms with Gasteiger partial charge < -0.3 is 5.73 Å². The number of hydrogen-bond acceptors (Lipinski definition) is 4. The lowest BCUT2D eigenvalue weighted by atomic mass is 10.1. The molecule has 1 saturated carbocycles. The molecule has 0 atom stereocenters. The minimum Gasteiger partial charge on any atom is -0.321 e. The first kappa shape index (κ1) is 9.61. The van der Waals surface area contributed by atoms with E-state index in [0.29, 0.717) is 0 Å². The summed E-state index contributed by atoms with van der Waals surface area (Å²) in [4.78, 5) is 3.81. The van der Waals surface area contributed by atoms with Crippen molar-refractivity contribution in [3.8, 4) is 0 Å². The Balaban J connectivity index is 2.47. The Bertz CT molecular complexity index is 463. The van der Waals surface area contributed by atoms with Gasteiger partial charge in [0.05, 0.1) is 0 Å². The van der Waals surface area contributed by atoms with E-state index in [4.69, 9.17) is 5.73 Å². The molecular weight excluding hydrogens is 200 g/mol. The minimum absolute atomic E-state index is 0.103. The molecule has 5 heteroatoms. The Kier molecular flexibility index (Phi) is 1.90. The van der Waals surface area contributed by atoms with Crippen molar-refractivity contribution in [1.82, 2.24) is 4.98 Å². The standard InChI is InChI=1S/C9H12N2O2S/c1-14(12,13)8-6-7(2-5-11-8)9(10)3-4-9/h2,5-6H,3-4,10H2,1H3. The van der Waals surface area contributed by atoms with Crippen molar-refractivity contribution in [3.63, 3.8) is 0 Å². The lowest BCUT2D eigenvalue weighted by molar-refractivity contribution is 0.597. The Hall–Kier alpha value is -0.940. The monoisotopic (exact) mass is 212 g/mol. The Morgan fingerprint density at radius 3 is 2.64 bits per heavy atom. The zero-order valence-corrected chi connectivity index (χ0v) is 8.71. The highest BCUT2D eigenvalue weighted by Gasteiger charge is 2.40. The van der Waals surface area contributed by atoms with Crippen LogP contribution in [-0.4, -0.2) is 19.7 Å². The molecule has 0 radical (unpaired) electrons. The van der Waals surface area contributed by atoms with Crippen LogP contribution in [0.5, 0.6) is 0 Å². The highest BCUT2D eigenvalue weighted by atomic mass is 32.2. The van der Waals surface area contributed by atoms with E-state index in [1.807, 2.05) is 0 Å². The van der Waals surface area contributed by atoms with E-state index in [2.05, 4.69) is 4.98 Å². The van der Waals surface area contributed by atoms with E-state index in [9.17, 15) is 8.42 Å². The van der Waals surface area contributed by atoms with Gasteiger partial charge in [-0.2, -0.15) is 0 Å². The quantitative estimate of drug-likeness (QED) is 0.771. The highest BCUT2D eigenvalue weighted by Crippen LogP contribution is 2.42. The van der Waals surface area contributed by atoms with Crippen LogP contribution in [0.25, 0.3) is 0 Å². The number of aromatic nitrogens is 1. The summed E-state index contributed by atoms with van der Waals surface area (Å²) in [5.74, 6) is 0. The number of sulfone groups is 1. The SMILES string of the molecule is CS(=O)(=O)c1cc(C2(N)CC2)ccn1. The van der Waals surface area contributed by atoms with Crippen LogP contribution >= 0.6 is 0 Å². The molecule has 1 aromatic rings. The molecule has 0 amide bonds. The molecular formula is C9H12N2O2S. The van der Waals surface area contributed by atoms with Gasteiger partial charge in [0.25, 0.3) is 0 Å². The first-order chi connectivity index (χ1) is 6.42. The van der Waals surface area contributed by atoms with Gasteiger partial charge in [-0.05, 0) is 30.5 Å². The van der Waals surface area contributed by atoms with E-state index in [1.54, 1.807) is 12.1 Å². The molecule has 14 heavy (non-hydrogen) atoms. The van der Waals surface area contributed by atoms with Crippen molar-refractivity contribution in [2.45, 2.75) is 23.4 Å². The lowest BCUT2D eigenvalue weighted by Crippen LogP contribution is -2.19. The second-order valence-electron chi connectivity index (χ2n) is 3.81. The van der Waals surface area contributed by atoms with Gasteiger partial charge >= 0.3 is 0 Å². The summed E-state index contributed by atoms with van der Waals surface area (Å²) in [6.07, 6.45) is 4.48. The Labute approximate surface area is 83.1 Å².